The van der Waals surface area contributed by atoms with E-state index in [0.29, 0.717) is 28.7 Å². The van der Waals surface area contributed by atoms with Crippen LogP contribution in [0.1, 0.15) is 35.6 Å². The molecule has 0 saturated carbocycles. The zero-order chi connectivity index (χ0) is 27.8. The van der Waals surface area contributed by atoms with Crippen molar-refractivity contribution >= 4 is 34.7 Å². The fourth-order valence-electron chi connectivity index (χ4n) is 3.70. The first-order valence-corrected chi connectivity index (χ1v) is 11.8. The number of benzene rings is 2. The number of hydrogen-bond donors (Lipinski definition) is 3. The van der Waals surface area contributed by atoms with Gasteiger partial charge in [-0.1, -0.05) is 55.7 Å². The van der Waals surface area contributed by atoms with Gasteiger partial charge in [0.2, 0.25) is 0 Å². The van der Waals surface area contributed by atoms with E-state index >= 15 is 0 Å². The number of nitrogen functional groups attached to an aromatic ring is 1. The van der Waals surface area contributed by atoms with Gasteiger partial charge in [-0.2, -0.15) is 5.10 Å². The smallest absolute Gasteiger partial charge is 0.267 e. The molecule has 0 aliphatic rings. The molecule has 10 nitrogen and oxygen atoms in total. The molecule has 2 aromatic carbocycles. The second kappa shape index (κ2) is 12.3. The van der Waals surface area contributed by atoms with Crippen LogP contribution in [0.3, 0.4) is 0 Å². The second-order valence-corrected chi connectivity index (χ2v) is 8.20. The minimum absolute atomic E-state index is 0.0798. The summed E-state index contributed by atoms with van der Waals surface area (Å²) < 4.78 is 3.05. The highest BCUT2D eigenvalue weighted by atomic mass is 16.1. The Hall–Kier alpha value is -5.01. The summed E-state index contributed by atoms with van der Waals surface area (Å²) in [6.07, 6.45) is 3.58. The molecule has 0 aliphatic heterocycles. The van der Waals surface area contributed by atoms with Crippen LogP contribution in [-0.4, -0.2) is 37.5 Å². The predicted molar refractivity (Wildman–Crippen MR) is 152 cm³/mol. The third-order valence-corrected chi connectivity index (χ3v) is 5.32. The molecule has 6 N–H and O–H groups in total. The van der Waals surface area contributed by atoms with E-state index in [2.05, 4.69) is 33.5 Å². The molecular weight excluding hydrogens is 480 g/mol. The van der Waals surface area contributed by atoms with Gasteiger partial charge < -0.3 is 17.2 Å². The van der Waals surface area contributed by atoms with Gasteiger partial charge in [-0.25, -0.2) is 14.7 Å². The Balaban J connectivity index is 0.000000244. The Morgan fingerprint density at radius 3 is 2.53 bits per heavy atom. The van der Waals surface area contributed by atoms with Crippen LogP contribution >= 0.6 is 0 Å². The summed E-state index contributed by atoms with van der Waals surface area (Å²) in [5, 5.41) is 4.36. The van der Waals surface area contributed by atoms with Crippen molar-refractivity contribution in [3.05, 3.63) is 88.5 Å². The Bertz CT molecular complexity index is 1620. The van der Waals surface area contributed by atoms with Crippen molar-refractivity contribution < 1.29 is 4.79 Å². The summed E-state index contributed by atoms with van der Waals surface area (Å²) in [6, 6.07) is 14.9. The van der Waals surface area contributed by atoms with Gasteiger partial charge in [0.05, 0.1) is 22.6 Å². The lowest BCUT2D eigenvalue weighted by Gasteiger charge is -2.13. The number of nitrogens with zero attached hydrogens (tertiary/aromatic N) is 5. The van der Waals surface area contributed by atoms with Gasteiger partial charge in [-0.15, -0.1) is 0 Å². The zero-order valence-electron chi connectivity index (χ0n) is 21.5. The van der Waals surface area contributed by atoms with E-state index in [1.165, 1.54) is 17.0 Å². The van der Waals surface area contributed by atoms with Crippen molar-refractivity contribution in [1.29, 1.82) is 0 Å². The van der Waals surface area contributed by atoms with Gasteiger partial charge in [-0.3, -0.25) is 14.2 Å². The number of aryl methyl sites for hydroxylation is 2. The highest BCUT2D eigenvalue weighted by Crippen LogP contribution is 2.22. The van der Waals surface area contributed by atoms with Crippen LogP contribution < -0.4 is 22.8 Å². The first kappa shape index (κ1) is 27.6. The average Bonchev–Trinajstić information content (AvgIpc) is 3.19. The number of carbonyl (C=O) groups is 1. The maximum absolute atomic E-state index is 13.2. The van der Waals surface area contributed by atoms with Gasteiger partial charge in [0, 0.05) is 25.2 Å². The van der Waals surface area contributed by atoms with Gasteiger partial charge >= 0.3 is 0 Å². The van der Waals surface area contributed by atoms with E-state index in [9.17, 15) is 9.59 Å². The molecule has 194 valence electrons. The minimum Gasteiger partial charge on any atom is -0.381 e. The van der Waals surface area contributed by atoms with E-state index < -0.39 is 5.91 Å². The topological polar surface area (TPSA) is 160 Å². The molecule has 2 aromatic heterocycles. The van der Waals surface area contributed by atoms with Crippen LogP contribution in [0.25, 0.3) is 16.6 Å². The molecule has 2 heterocycles. The quantitative estimate of drug-likeness (QED) is 0.276. The van der Waals surface area contributed by atoms with Crippen molar-refractivity contribution in [1.82, 2.24) is 19.3 Å². The van der Waals surface area contributed by atoms with Crippen LogP contribution in [0.4, 0.5) is 11.6 Å². The number of nitrogens with two attached hydrogens (primary N) is 3. The average molecular weight is 511 g/mol. The first-order chi connectivity index (χ1) is 18.2. The molecular formula is C28H30N8O2. The van der Waals surface area contributed by atoms with E-state index in [1.807, 2.05) is 62.4 Å². The summed E-state index contributed by atoms with van der Waals surface area (Å²) in [6.45, 7) is 7.27. The second-order valence-electron chi connectivity index (χ2n) is 8.20. The fourth-order valence-corrected chi connectivity index (χ4v) is 3.70. The van der Waals surface area contributed by atoms with Crippen molar-refractivity contribution in [3.8, 4) is 17.5 Å². The lowest BCUT2D eigenvalue weighted by molar-refractivity contribution is 0.100. The molecule has 0 spiro atoms. The fraction of sp³-hybridized carbons (Fsp3) is 0.179. The summed E-state index contributed by atoms with van der Waals surface area (Å²) in [4.78, 5) is 32.8. The van der Waals surface area contributed by atoms with Gasteiger partial charge in [0.15, 0.2) is 11.6 Å². The van der Waals surface area contributed by atoms with E-state index in [4.69, 9.17) is 17.2 Å². The third kappa shape index (κ3) is 6.03. The molecule has 4 rings (SSSR count). The molecule has 0 aliphatic carbocycles. The summed E-state index contributed by atoms with van der Waals surface area (Å²) in [5.74, 6) is 6.43. The number of primary amides is 1. The standard InChI is InChI=1S/C20H19N3O.C8H11N5O/c1-3-18-22-17-11-7-8-15(13-12-14(2)21)19(17)20(24)23(18)16-9-5-4-6-10-16;1-3-4-11-8-5(7(10)14)6(9)12-13(8)2/h4-11,14H,3,21H2,1-2H3;3-4H,1H2,2H3,(H2,9,12)(H2,10,14)/b;11-4-. The van der Waals surface area contributed by atoms with Crippen LogP contribution in [0, 0.1) is 11.8 Å². The summed E-state index contributed by atoms with van der Waals surface area (Å²) in [7, 11) is 1.62. The zero-order valence-corrected chi connectivity index (χ0v) is 21.5. The Kier molecular flexibility index (Phi) is 8.92. The molecule has 1 amide bonds. The molecule has 1 atom stereocenters. The molecule has 0 saturated heterocycles. The summed E-state index contributed by atoms with van der Waals surface area (Å²) >= 11 is 0. The predicted octanol–water partition coefficient (Wildman–Crippen LogP) is 2.64. The highest BCUT2D eigenvalue weighted by molar-refractivity contribution is 6.02. The Morgan fingerprint density at radius 1 is 1.21 bits per heavy atom. The largest absolute Gasteiger partial charge is 0.381 e. The third-order valence-electron chi connectivity index (χ3n) is 5.32. The van der Waals surface area contributed by atoms with Crippen LogP contribution in [-0.2, 0) is 13.5 Å². The lowest BCUT2D eigenvalue weighted by Crippen LogP contribution is -2.24. The molecule has 0 radical (unpaired) electrons. The summed E-state index contributed by atoms with van der Waals surface area (Å²) in [5.41, 5.74) is 18.5. The number of rotatable bonds is 5. The normalized spacial score (nSPS) is 11.4. The van der Waals surface area contributed by atoms with E-state index in [1.54, 1.807) is 11.6 Å². The van der Waals surface area contributed by atoms with E-state index in [0.717, 1.165) is 11.5 Å². The number of para-hydroxylation sites is 1. The van der Waals surface area contributed by atoms with Gasteiger partial charge in [0.25, 0.3) is 11.5 Å². The van der Waals surface area contributed by atoms with Crippen LogP contribution in [0.2, 0.25) is 0 Å². The maximum Gasteiger partial charge on any atom is 0.267 e. The number of aliphatic imine (C=N–C) groups is 1. The Morgan fingerprint density at radius 2 is 1.92 bits per heavy atom. The number of aromatic nitrogens is 4. The number of amides is 1. The van der Waals surface area contributed by atoms with Crippen molar-refractivity contribution in [3.63, 3.8) is 0 Å². The Labute approximate surface area is 220 Å². The molecule has 0 bridgehead atoms. The maximum atomic E-state index is 13.2. The van der Waals surface area contributed by atoms with Crippen molar-refractivity contribution in [2.45, 2.75) is 26.3 Å². The molecule has 10 heteroatoms. The van der Waals surface area contributed by atoms with Gasteiger partial charge in [-0.05, 0) is 31.2 Å². The molecule has 1 unspecified atom stereocenters. The minimum atomic E-state index is -0.646. The van der Waals surface area contributed by atoms with Gasteiger partial charge in [0.1, 0.15) is 11.4 Å². The van der Waals surface area contributed by atoms with Crippen molar-refractivity contribution in [2.24, 2.45) is 23.5 Å². The van der Waals surface area contributed by atoms with Crippen molar-refractivity contribution in [2.75, 3.05) is 5.73 Å². The number of fused-ring (bicyclic) bond motifs is 1. The number of allylic oxidation sites excluding steroid dienone is 1. The van der Waals surface area contributed by atoms with E-state index in [-0.39, 0.29) is 23.0 Å². The molecule has 0 fully saturated rings. The molecule has 38 heavy (non-hydrogen) atoms. The lowest BCUT2D eigenvalue weighted by atomic mass is 10.1. The number of anilines is 1. The highest BCUT2D eigenvalue weighted by Gasteiger charge is 2.17. The monoisotopic (exact) mass is 510 g/mol. The number of hydrogen-bond acceptors (Lipinski definition) is 7. The molecule has 4 aromatic rings. The SMILES string of the molecule is C=C/C=N\c1c(C(N)=O)c(N)nn1C.CCc1nc2cccc(C#CC(C)N)c2c(=O)n1-c1ccccc1. The van der Waals surface area contributed by atoms with Crippen LogP contribution in [0.5, 0.6) is 0 Å². The number of carbonyl (C=O) groups excluding carboxylic acids is 1. The van der Waals surface area contributed by atoms with Crippen LogP contribution in [0.15, 0.2) is 71.0 Å². The first-order valence-electron chi connectivity index (χ1n) is 11.8.